The fourth-order valence-electron chi connectivity index (χ4n) is 3.35. The van der Waals surface area contributed by atoms with Crippen LogP contribution in [0, 0.1) is 6.92 Å². The van der Waals surface area contributed by atoms with Gasteiger partial charge in [-0.2, -0.15) is 5.10 Å². The SMILES string of the molecule is Cc1ccccc1Cn1cc(NC(=O)c2cc3sccc3n2C(C)C)cn1. The van der Waals surface area contributed by atoms with Crippen LogP contribution in [-0.4, -0.2) is 20.3 Å². The Kier molecular flexibility index (Phi) is 4.58. The molecule has 6 heteroatoms. The Bertz CT molecular complexity index is 1100. The molecule has 0 bridgehead atoms. The van der Waals surface area contributed by atoms with Crippen molar-refractivity contribution >= 4 is 33.1 Å². The van der Waals surface area contributed by atoms with Crippen LogP contribution < -0.4 is 5.32 Å². The monoisotopic (exact) mass is 378 g/mol. The van der Waals surface area contributed by atoms with Crippen LogP contribution in [0.3, 0.4) is 0 Å². The van der Waals surface area contributed by atoms with Crippen LogP contribution in [0.4, 0.5) is 5.69 Å². The van der Waals surface area contributed by atoms with Gasteiger partial charge in [0.1, 0.15) is 5.69 Å². The molecule has 3 heterocycles. The molecular weight excluding hydrogens is 356 g/mol. The highest BCUT2D eigenvalue weighted by atomic mass is 32.1. The Hall–Kier alpha value is -2.86. The smallest absolute Gasteiger partial charge is 0.272 e. The summed E-state index contributed by atoms with van der Waals surface area (Å²) in [5, 5.41) is 9.43. The number of rotatable bonds is 5. The van der Waals surface area contributed by atoms with E-state index in [-0.39, 0.29) is 11.9 Å². The Morgan fingerprint density at radius 3 is 2.85 bits per heavy atom. The maximum absolute atomic E-state index is 12.9. The third-order valence-corrected chi connectivity index (χ3v) is 5.55. The molecule has 0 saturated heterocycles. The summed E-state index contributed by atoms with van der Waals surface area (Å²) >= 11 is 1.65. The third-order valence-electron chi connectivity index (χ3n) is 4.69. The highest BCUT2D eigenvalue weighted by Crippen LogP contribution is 2.28. The molecule has 27 heavy (non-hydrogen) atoms. The molecule has 0 aliphatic rings. The number of fused-ring (bicyclic) bond motifs is 1. The highest BCUT2D eigenvalue weighted by Gasteiger charge is 2.18. The van der Waals surface area contributed by atoms with Gasteiger partial charge in [-0.3, -0.25) is 9.48 Å². The fourth-order valence-corrected chi connectivity index (χ4v) is 4.16. The van der Waals surface area contributed by atoms with E-state index in [1.807, 2.05) is 29.1 Å². The lowest BCUT2D eigenvalue weighted by Gasteiger charge is -2.13. The van der Waals surface area contributed by atoms with Gasteiger partial charge < -0.3 is 9.88 Å². The van der Waals surface area contributed by atoms with Crippen LogP contribution in [0.15, 0.2) is 54.2 Å². The lowest BCUT2D eigenvalue weighted by Crippen LogP contribution is -2.17. The predicted octanol–water partition coefficient (Wildman–Crippen LogP) is 5.09. The average molecular weight is 379 g/mol. The van der Waals surface area contributed by atoms with Crippen molar-refractivity contribution in [2.75, 3.05) is 5.32 Å². The van der Waals surface area contributed by atoms with E-state index >= 15 is 0 Å². The number of amides is 1. The van der Waals surface area contributed by atoms with Crippen molar-refractivity contribution in [3.63, 3.8) is 0 Å². The number of hydrogen-bond acceptors (Lipinski definition) is 3. The number of anilines is 1. The first-order valence-corrected chi connectivity index (χ1v) is 9.87. The molecule has 0 radical (unpaired) electrons. The van der Waals surface area contributed by atoms with Crippen molar-refractivity contribution in [3.05, 3.63) is 71.0 Å². The molecule has 1 amide bonds. The van der Waals surface area contributed by atoms with Crippen LogP contribution in [0.1, 0.15) is 41.5 Å². The second-order valence-corrected chi connectivity index (χ2v) is 7.92. The van der Waals surface area contributed by atoms with Crippen molar-refractivity contribution < 1.29 is 4.79 Å². The van der Waals surface area contributed by atoms with E-state index in [9.17, 15) is 4.79 Å². The molecule has 4 aromatic rings. The number of nitrogens with zero attached hydrogens (tertiary/aromatic N) is 3. The molecule has 1 aromatic carbocycles. The number of thiophene rings is 1. The summed E-state index contributed by atoms with van der Waals surface area (Å²) in [4.78, 5) is 12.9. The van der Waals surface area contributed by atoms with Crippen molar-refractivity contribution in [2.24, 2.45) is 0 Å². The van der Waals surface area contributed by atoms with Crippen LogP contribution in [0.5, 0.6) is 0 Å². The summed E-state index contributed by atoms with van der Waals surface area (Å²) in [6.07, 6.45) is 3.57. The quantitative estimate of drug-likeness (QED) is 0.526. The van der Waals surface area contributed by atoms with Crippen molar-refractivity contribution in [3.8, 4) is 0 Å². The molecule has 5 nitrogen and oxygen atoms in total. The average Bonchev–Trinajstić information content (AvgIpc) is 3.32. The number of benzene rings is 1. The summed E-state index contributed by atoms with van der Waals surface area (Å²) in [5.74, 6) is -0.109. The molecule has 0 aliphatic carbocycles. The van der Waals surface area contributed by atoms with Gasteiger partial charge in [-0.15, -0.1) is 11.3 Å². The Morgan fingerprint density at radius 2 is 2.07 bits per heavy atom. The van der Waals surface area contributed by atoms with E-state index < -0.39 is 0 Å². The Morgan fingerprint density at radius 1 is 1.26 bits per heavy atom. The van der Waals surface area contributed by atoms with Gasteiger partial charge in [0, 0.05) is 12.2 Å². The first-order valence-electron chi connectivity index (χ1n) is 8.99. The molecule has 0 spiro atoms. The number of hydrogen-bond donors (Lipinski definition) is 1. The Labute approximate surface area is 162 Å². The standard InChI is InChI=1S/C21H22N4OS/c1-14(2)25-18-8-9-27-20(18)10-19(25)21(26)23-17-11-22-24(13-17)12-16-7-5-4-6-15(16)3/h4-11,13-14H,12H2,1-3H3,(H,23,26). The van der Waals surface area contributed by atoms with E-state index in [4.69, 9.17) is 0 Å². The molecule has 0 unspecified atom stereocenters. The Balaban J connectivity index is 1.54. The first kappa shape index (κ1) is 17.5. The van der Waals surface area contributed by atoms with Crippen LogP contribution in [0.2, 0.25) is 0 Å². The highest BCUT2D eigenvalue weighted by molar-refractivity contribution is 7.17. The van der Waals surface area contributed by atoms with Gasteiger partial charge in [0.05, 0.1) is 28.6 Å². The first-order chi connectivity index (χ1) is 13.0. The second-order valence-electron chi connectivity index (χ2n) is 6.97. The maximum Gasteiger partial charge on any atom is 0.272 e. The lowest BCUT2D eigenvalue weighted by atomic mass is 10.1. The second kappa shape index (κ2) is 7.04. The number of nitrogens with one attached hydrogen (secondary N) is 1. The number of aromatic nitrogens is 3. The maximum atomic E-state index is 12.9. The summed E-state index contributed by atoms with van der Waals surface area (Å²) in [6.45, 7) is 6.95. The zero-order valence-electron chi connectivity index (χ0n) is 15.6. The van der Waals surface area contributed by atoms with Gasteiger partial charge >= 0.3 is 0 Å². The summed E-state index contributed by atoms with van der Waals surface area (Å²) in [7, 11) is 0. The van der Waals surface area contributed by atoms with Gasteiger partial charge in [0.2, 0.25) is 0 Å². The van der Waals surface area contributed by atoms with Crippen molar-refractivity contribution in [1.82, 2.24) is 14.3 Å². The molecule has 0 atom stereocenters. The normalized spacial score (nSPS) is 11.4. The van der Waals surface area contributed by atoms with Gasteiger partial charge in [-0.25, -0.2) is 0 Å². The van der Waals surface area contributed by atoms with Crippen molar-refractivity contribution in [1.29, 1.82) is 0 Å². The third kappa shape index (κ3) is 3.40. The van der Waals surface area contributed by atoms with E-state index in [1.165, 1.54) is 11.1 Å². The summed E-state index contributed by atoms with van der Waals surface area (Å²) in [5.41, 5.74) is 4.93. The fraction of sp³-hybridized carbons (Fsp3) is 0.238. The van der Waals surface area contributed by atoms with Crippen LogP contribution in [-0.2, 0) is 6.54 Å². The number of carbonyl (C=O) groups excluding carboxylic acids is 1. The van der Waals surface area contributed by atoms with Gasteiger partial charge in [-0.1, -0.05) is 24.3 Å². The minimum Gasteiger partial charge on any atom is -0.333 e. The number of aryl methyl sites for hydroxylation is 1. The molecule has 3 aromatic heterocycles. The van der Waals surface area contributed by atoms with E-state index in [1.54, 1.807) is 17.5 Å². The van der Waals surface area contributed by atoms with E-state index in [0.717, 1.165) is 10.2 Å². The molecule has 0 aliphatic heterocycles. The molecule has 138 valence electrons. The molecule has 0 saturated carbocycles. The molecule has 4 rings (SSSR count). The van der Waals surface area contributed by atoms with Gasteiger partial charge in [0.15, 0.2) is 0 Å². The molecular formula is C21H22N4OS. The van der Waals surface area contributed by atoms with Crippen LogP contribution in [0.25, 0.3) is 10.2 Å². The lowest BCUT2D eigenvalue weighted by molar-refractivity contribution is 0.101. The molecule has 0 fully saturated rings. The van der Waals surface area contributed by atoms with E-state index in [0.29, 0.717) is 17.9 Å². The van der Waals surface area contributed by atoms with Crippen LogP contribution >= 0.6 is 11.3 Å². The predicted molar refractivity (Wildman–Crippen MR) is 111 cm³/mol. The van der Waals surface area contributed by atoms with Crippen molar-refractivity contribution in [2.45, 2.75) is 33.4 Å². The largest absolute Gasteiger partial charge is 0.333 e. The van der Waals surface area contributed by atoms with E-state index in [2.05, 4.69) is 59.3 Å². The number of carbonyl (C=O) groups is 1. The minimum atomic E-state index is -0.109. The topological polar surface area (TPSA) is 51.9 Å². The summed E-state index contributed by atoms with van der Waals surface area (Å²) < 4.78 is 5.06. The minimum absolute atomic E-state index is 0.109. The zero-order valence-corrected chi connectivity index (χ0v) is 16.5. The molecule has 1 N–H and O–H groups in total. The van der Waals surface area contributed by atoms with Gasteiger partial charge in [-0.05, 0) is 49.4 Å². The summed E-state index contributed by atoms with van der Waals surface area (Å²) in [6, 6.07) is 12.5. The zero-order chi connectivity index (χ0) is 19.0. The van der Waals surface area contributed by atoms with Gasteiger partial charge in [0.25, 0.3) is 5.91 Å².